The Morgan fingerprint density at radius 3 is 1.59 bits per heavy atom. The summed E-state index contributed by atoms with van der Waals surface area (Å²) in [5.41, 5.74) is 8.25. The van der Waals surface area contributed by atoms with Gasteiger partial charge in [0.05, 0.1) is 38.0 Å². The number of amides is 15. The molecular weight excluding hydrogens is 1810 g/mol. The summed E-state index contributed by atoms with van der Waals surface area (Å²) in [6, 6.07) is 16.7. The number of benzene rings is 6. The molecule has 6 aromatic carbocycles. The quantitative estimate of drug-likeness (QED) is 0.0411. The Hall–Kier alpha value is -13.9. The number of ether oxygens (including phenoxy) is 1. The first kappa shape index (κ1) is 106. The molecule has 7 aromatic rings. The van der Waals surface area contributed by atoms with Gasteiger partial charge in [-0.3, -0.25) is 76.7 Å². The van der Waals surface area contributed by atoms with Crippen LogP contribution in [0.15, 0.2) is 158 Å². The third kappa shape index (κ3) is 29.1. The largest absolute Gasteiger partial charge is 0.508 e. The maximum Gasteiger partial charge on any atom is 0.305 e. The molecule has 0 unspecified atom stereocenters. The zero-order valence-electron chi connectivity index (χ0n) is 78.3. The van der Waals surface area contributed by atoms with E-state index in [-0.39, 0.29) is 62.7 Å². The molecule has 0 bridgehead atoms. The van der Waals surface area contributed by atoms with Gasteiger partial charge in [0.15, 0.2) is 11.6 Å². The van der Waals surface area contributed by atoms with Crippen molar-refractivity contribution < 1.29 is 111 Å². The number of rotatable bonds is 24. The highest BCUT2D eigenvalue weighted by Crippen LogP contribution is 2.29. The van der Waals surface area contributed by atoms with Gasteiger partial charge in [-0.05, 0) is 101 Å². The molecule has 15 amide bonds. The summed E-state index contributed by atoms with van der Waals surface area (Å²) in [5, 5.41) is 68.4. The third-order valence-corrected chi connectivity index (χ3v) is 25.6. The molecule has 0 saturated carbocycles. The van der Waals surface area contributed by atoms with E-state index in [2.05, 4.69) is 52.8 Å². The average Bonchev–Trinajstić information content (AvgIpc) is 1.56. The molecule has 4 heterocycles. The molecule has 15 atom stereocenters. The summed E-state index contributed by atoms with van der Waals surface area (Å²) >= 11 is 0.711. The minimum Gasteiger partial charge on any atom is -0.508 e. The second-order valence-corrected chi connectivity index (χ2v) is 36.8. The topological polar surface area (TPSA) is 530 Å². The molecule has 138 heavy (non-hydrogen) atoms. The first-order valence-electron chi connectivity index (χ1n) is 45.7. The number of phenolic OH excluding ortho intramolecular Hbond substituents is 1. The predicted molar refractivity (Wildman–Crippen MR) is 504 cm³/mol. The number of nitrogens with one attached hydrogen (secondary N) is 10. The summed E-state index contributed by atoms with van der Waals surface area (Å²) < 4.78 is 35.3. The van der Waals surface area contributed by atoms with Gasteiger partial charge in [0.2, 0.25) is 88.6 Å². The van der Waals surface area contributed by atoms with E-state index in [1.54, 1.807) is 136 Å². The van der Waals surface area contributed by atoms with Crippen LogP contribution < -0.4 is 58.3 Å². The smallest absolute Gasteiger partial charge is 0.305 e. The number of hydrogen-bond donors (Lipinski definition) is 15. The molecule has 37 nitrogen and oxygen atoms in total. The predicted octanol–water partition coefficient (Wildman–Crippen LogP) is 1.91. The number of nitrogens with two attached hydrogens (primary N) is 1. The number of aromatic nitrogens is 1. The van der Waals surface area contributed by atoms with Gasteiger partial charge < -0.3 is 108 Å². The maximum absolute atomic E-state index is 15.9. The van der Waals surface area contributed by atoms with Gasteiger partial charge in [0.25, 0.3) is 0 Å². The Bertz CT molecular complexity index is 5510. The van der Waals surface area contributed by atoms with Gasteiger partial charge in [-0.25, -0.2) is 8.78 Å². The molecule has 0 spiro atoms. The number of carbonyl (C=O) groups excluding carboxylic acids is 15. The zero-order valence-corrected chi connectivity index (χ0v) is 79.1. The van der Waals surface area contributed by atoms with Crippen molar-refractivity contribution in [3.63, 3.8) is 0 Å². The first-order chi connectivity index (χ1) is 65.7. The number of carbonyl (C=O) groups is 16. The van der Waals surface area contributed by atoms with Crippen LogP contribution in [-0.4, -0.2) is 295 Å². The van der Waals surface area contributed by atoms with Crippen molar-refractivity contribution in [1.82, 2.24) is 77.3 Å². The van der Waals surface area contributed by atoms with Crippen LogP contribution in [0.2, 0.25) is 0 Å². The summed E-state index contributed by atoms with van der Waals surface area (Å²) in [6.07, 6.45) is -4.98. The number of phenols is 1. The van der Waals surface area contributed by atoms with Crippen molar-refractivity contribution in [2.45, 2.75) is 209 Å². The van der Waals surface area contributed by atoms with Crippen LogP contribution in [0.3, 0.4) is 0 Å². The number of halogens is 2. The Labute approximate surface area is 801 Å². The number of aliphatic hydroxyl groups excluding tert-OH is 2. The number of methoxy groups -OCH3 is 1. The van der Waals surface area contributed by atoms with E-state index in [9.17, 15) is 48.8 Å². The number of para-hydroxylation sites is 1. The number of likely N-dealkylation sites (N-methyl/N-ethyl adjacent to an activating group) is 3. The molecule has 10 rings (SSSR count). The van der Waals surface area contributed by atoms with Crippen LogP contribution in [0.5, 0.6) is 11.5 Å². The molecule has 1 aromatic heterocycles. The summed E-state index contributed by atoms with van der Waals surface area (Å²) in [6.45, 7) is 6.46. The Balaban J connectivity index is 1.07. The number of thioether (sulfide) groups is 1. The Morgan fingerprint density at radius 2 is 1.01 bits per heavy atom. The van der Waals surface area contributed by atoms with Crippen LogP contribution in [0, 0.1) is 23.5 Å². The minimum absolute atomic E-state index is 0.0268. The van der Waals surface area contributed by atoms with Crippen LogP contribution in [-0.2, 0) is 115 Å². The lowest BCUT2D eigenvalue weighted by molar-refractivity contribution is -0.152. The molecule has 3 aliphatic heterocycles. The maximum atomic E-state index is 15.9. The number of primary amides is 1. The van der Waals surface area contributed by atoms with E-state index < -0.39 is 266 Å². The molecular formula is C98H122F2N16O21S. The second kappa shape index (κ2) is 49.7. The van der Waals surface area contributed by atoms with Gasteiger partial charge in [-0.1, -0.05) is 157 Å². The summed E-state index contributed by atoms with van der Waals surface area (Å²) in [7, 11) is 5.19. The lowest BCUT2D eigenvalue weighted by Gasteiger charge is -2.38. The van der Waals surface area contributed by atoms with Gasteiger partial charge in [-0.15, -0.1) is 11.8 Å². The lowest BCUT2D eigenvalue weighted by atomic mass is 9.98. The highest BCUT2D eigenvalue weighted by molar-refractivity contribution is 8.00. The number of unbranched alkanes of at least 4 members (excludes halogenated alkanes) is 1. The van der Waals surface area contributed by atoms with Crippen molar-refractivity contribution in [2.24, 2.45) is 17.6 Å². The number of hydrogen-bond acceptors (Lipinski definition) is 21. The van der Waals surface area contributed by atoms with Crippen LogP contribution >= 0.6 is 11.8 Å². The molecule has 3 saturated heterocycles. The number of carboxylic acid groups (broad SMARTS) is 1. The molecule has 16 N–H and O–H groups in total. The fourth-order valence-electron chi connectivity index (χ4n) is 17.1. The van der Waals surface area contributed by atoms with E-state index in [0.717, 1.165) is 42.7 Å². The number of nitrogens with zero attached hydrogens (tertiary/aromatic N) is 5. The van der Waals surface area contributed by atoms with E-state index in [1.807, 2.05) is 0 Å². The van der Waals surface area contributed by atoms with Crippen molar-refractivity contribution in [2.75, 3.05) is 59.4 Å². The third-order valence-electron chi connectivity index (χ3n) is 24.6. The van der Waals surface area contributed by atoms with Gasteiger partial charge in [-0.2, -0.15) is 0 Å². The number of aromatic hydroxyl groups is 1. The van der Waals surface area contributed by atoms with Crippen molar-refractivity contribution in [3.8, 4) is 11.5 Å². The first-order valence-corrected chi connectivity index (χ1v) is 46.9. The van der Waals surface area contributed by atoms with Gasteiger partial charge in [0.1, 0.15) is 90.0 Å². The summed E-state index contributed by atoms with van der Waals surface area (Å²) in [4.78, 5) is 248. The number of H-pyrrole nitrogens is 1. The molecule has 740 valence electrons. The molecule has 3 aliphatic rings. The average molecular weight is 1930 g/mol. The fraction of sp³-hybridized carbons (Fsp3) is 0.449. The SMILES string of the molecule is CCCC[C@H]1C(=O)N2C[C@@H](O)C[C@@H]2C(=O)N[C@@H](CC(=O)O)C(=O)N[C@@H](C(C)C)C(=O)N(C)[C@H](Cc2ccccc2)C(=O)N[C@@H](Cc2ccc(OC)cc2)C(=O)N2C[C@@H](O)C[C@@H]2C(=O)N[C@@H](Cc2c[nH]c3ccccc23)C(=O)N[C@@H](Cc2ccc(O)cc2)C(=O)N[C@@H](CC(C)C)C(=O)N[C@H](C(=O)NCC(N)=O)CSCC(=O)N[C@@H](Cc2ccc(F)c(F)c2)C(=O)N(C)[C@@H](Cc2ccccc2)C(=O)N1C. The number of fused-ring (bicyclic) bond motifs is 3. The minimum atomic E-state index is -2.03. The molecule has 0 aliphatic carbocycles. The Kier molecular flexibility index (Phi) is 38.3. The lowest BCUT2D eigenvalue weighted by Crippen LogP contribution is -2.62. The molecule has 3 fully saturated rings. The van der Waals surface area contributed by atoms with Gasteiger partial charge >= 0.3 is 5.97 Å². The number of aliphatic carboxylic acids is 1. The Morgan fingerprint density at radius 1 is 0.514 bits per heavy atom. The van der Waals surface area contributed by atoms with Crippen LogP contribution in [0.4, 0.5) is 8.78 Å². The van der Waals surface area contributed by atoms with Crippen LogP contribution in [0.1, 0.15) is 113 Å². The normalized spacial score (nSPS) is 24.2. The standard InChI is InChI=1S/C98H122F2N16O21S/c1-10-11-26-77-97(135)116-51-64(119)46-80(116)93(131)108-73(47-84(122)123)90(128)111-85(55(4)5)98(136)113(7)78(42-56-20-14-12-15-21-56)91(129)109-75(40-59-29-34-65(137-9)35-30-59)95(133)115-50-63(118)45-79(115)92(130)107-72(44-61-48-102-69-25-19-18-24-66(61)69)89(127)106-71(39-58-27-32-62(117)33-28-58)88(126)105-70(37-54(2)3)87(125)110-76(86(124)103-49-82(101)120)52-138-53-83(121)104-74(41-60-31-36-67(99)68(100)38-60)94(132)114(8)81(96(134)112(77)6)43-57-22-16-13-17-23-57/h12-25,27-36,38,48,54-55,63-64,70-81,85,102,117-119H,10-11,26,37,39-47,49-53H2,1-9H3,(H2,101,120)(H,103,124)(H,104,121)(H,105,126)(H,106,127)(H,107,130)(H,108,131)(H,109,129)(H,110,125)(H,111,128)(H,122,123)/t63-,64-,70-,71-,72-,73-,74-,75-,76-,77-,78+,79+,80+,81-,85-/m0/s1. The summed E-state index contributed by atoms with van der Waals surface area (Å²) in [5.74, 6) is -21.4. The van der Waals surface area contributed by atoms with E-state index in [4.69, 9.17) is 10.5 Å². The second-order valence-electron chi connectivity index (χ2n) is 35.8. The van der Waals surface area contributed by atoms with E-state index >= 15 is 57.1 Å². The highest BCUT2D eigenvalue weighted by Gasteiger charge is 2.48. The van der Waals surface area contributed by atoms with E-state index in [0.29, 0.717) is 62.7 Å². The zero-order chi connectivity index (χ0) is 100. The number of aromatic amines is 1. The molecule has 40 heteroatoms. The monoisotopic (exact) mass is 1930 g/mol. The van der Waals surface area contributed by atoms with E-state index in [1.165, 1.54) is 66.4 Å². The van der Waals surface area contributed by atoms with Crippen LogP contribution in [0.25, 0.3) is 10.9 Å². The van der Waals surface area contributed by atoms with Crippen molar-refractivity contribution in [3.05, 3.63) is 203 Å². The molecule has 0 radical (unpaired) electrons. The van der Waals surface area contributed by atoms with Crippen molar-refractivity contribution in [1.29, 1.82) is 0 Å². The van der Waals surface area contributed by atoms with Crippen molar-refractivity contribution >= 4 is 117 Å². The van der Waals surface area contributed by atoms with Gasteiger partial charge in [0, 0.05) is 108 Å². The fourth-order valence-corrected chi connectivity index (χ4v) is 17.9. The number of aliphatic hydroxyl groups is 2. The highest BCUT2D eigenvalue weighted by atomic mass is 32.2. The number of carboxylic acids is 1.